The number of rotatable bonds is 1. The molecular formula is C17H14Cl2N2O2. The number of carbonyl (C=O) groups excluding carboxylic acids is 2. The molecule has 0 aromatic heterocycles. The van der Waals surface area contributed by atoms with Gasteiger partial charge in [0.2, 0.25) is 0 Å². The summed E-state index contributed by atoms with van der Waals surface area (Å²) in [6.07, 6.45) is 1.74. The summed E-state index contributed by atoms with van der Waals surface area (Å²) in [7, 11) is 0. The molecule has 1 aliphatic rings. The van der Waals surface area contributed by atoms with Gasteiger partial charge in [-0.3, -0.25) is 9.59 Å². The second-order valence-electron chi connectivity index (χ2n) is 5.27. The summed E-state index contributed by atoms with van der Waals surface area (Å²) in [5.74, 6) is -1.31. The smallest absolute Gasteiger partial charge is 0.316 e. The minimum Gasteiger partial charge on any atom is -0.316 e. The van der Waals surface area contributed by atoms with Gasteiger partial charge in [-0.2, -0.15) is 0 Å². The van der Waals surface area contributed by atoms with Crippen LogP contribution < -0.4 is 10.2 Å². The summed E-state index contributed by atoms with van der Waals surface area (Å²) in [4.78, 5) is 26.3. The maximum absolute atomic E-state index is 12.5. The van der Waals surface area contributed by atoms with Crippen LogP contribution in [0.2, 0.25) is 10.0 Å². The number of carbonyl (C=O) groups is 2. The van der Waals surface area contributed by atoms with Crippen molar-refractivity contribution >= 4 is 46.4 Å². The molecule has 1 heterocycles. The van der Waals surface area contributed by atoms with Crippen molar-refractivity contribution in [2.75, 3.05) is 16.8 Å². The number of amides is 2. The number of hydrogen-bond acceptors (Lipinski definition) is 2. The lowest BCUT2D eigenvalue weighted by molar-refractivity contribution is -0.134. The third-order valence-corrected chi connectivity index (χ3v) is 4.28. The number of hydrogen-bond donors (Lipinski definition) is 1. The van der Waals surface area contributed by atoms with E-state index in [9.17, 15) is 9.59 Å². The van der Waals surface area contributed by atoms with Crippen molar-refractivity contribution < 1.29 is 9.59 Å². The lowest BCUT2D eigenvalue weighted by Crippen LogP contribution is -2.42. The number of aryl methyl sites for hydroxylation is 1. The average molecular weight is 349 g/mol. The maximum atomic E-state index is 12.5. The summed E-state index contributed by atoms with van der Waals surface area (Å²) in [6, 6.07) is 12.3. The summed E-state index contributed by atoms with van der Waals surface area (Å²) in [6.45, 7) is 0.525. The van der Waals surface area contributed by atoms with E-state index in [4.69, 9.17) is 23.2 Å². The van der Waals surface area contributed by atoms with E-state index in [1.165, 1.54) is 11.0 Å². The lowest BCUT2D eigenvalue weighted by Gasteiger charge is -2.28. The van der Waals surface area contributed by atoms with Gasteiger partial charge in [0.1, 0.15) is 0 Å². The lowest BCUT2D eigenvalue weighted by atomic mass is 10.0. The van der Waals surface area contributed by atoms with Crippen LogP contribution in [0.4, 0.5) is 11.4 Å². The molecule has 118 valence electrons. The minimum atomic E-state index is -0.717. The first-order chi connectivity index (χ1) is 11.1. The van der Waals surface area contributed by atoms with Crippen molar-refractivity contribution in [3.05, 3.63) is 58.1 Å². The maximum Gasteiger partial charge on any atom is 0.316 e. The van der Waals surface area contributed by atoms with Gasteiger partial charge in [-0.1, -0.05) is 41.4 Å². The molecule has 0 spiro atoms. The van der Waals surface area contributed by atoms with Gasteiger partial charge < -0.3 is 10.2 Å². The highest BCUT2D eigenvalue weighted by atomic mass is 35.5. The Bertz CT molecular complexity index is 777. The van der Waals surface area contributed by atoms with Crippen LogP contribution in [0.25, 0.3) is 0 Å². The van der Waals surface area contributed by atoms with Crippen molar-refractivity contribution in [1.29, 1.82) is 0 Å². The van der Waals surface area contributed by atoms with Crippen molar-refractivity contribution in [2.45, 2.75) is 12.8 Å². The zero-order chi connectivity index (χ0) is 16.4. The fraction of sp³-hybridized carbons (Fsp3) is 0.176. The standard InChI is InChI=1S/C17H14Cl2N2O2/c18-12-7-8-14(13(19)10-12)20-16(22)17(23)21-9-3-5-11-4-1-2-6-15(11)21/h1-2,4,6-8,10H,3,5,9H2,(H,20,22). The molecule has 2 amide bonds. The minimum absolute atomic E-state index is 0.290. The highest BCUT2D eigenvalue weighted by Crippen LogP contribution is 2.28. The molecule has 0 fully saturated rings. The molecule has 23 heavy (non-hydrogen) atoms. The molecule has 0 unspecified atom stereocenters. The van der Waals surface area contributed by atoms with Gasteiger partial charge in [0.05, 0.1) is 10.7 Å². The quantitative estimate of drug-likeness (QED) is 0.794. The van der Waals surface area contributed by atoms with Gasteiger partial charge in [-0.25, -0.2) is 0 Å². The van der Waals surface area contributed by atoms with E-state index in [-0.39, 0.29) is 5.02 Å². The third-order valence-electron chi connectivity index (χ3n) is 3.73. The van der Waals surface area contributed by atoms with Crippen LogP contribution in [0.5, 0.6) is 0 Å². The molecule has 0 bridgehead atoms. The second-order valence-corrected chi connectivity index (χ2v) is 6.11. The van der Waals surface area contributed by atoms with E-state index in [1.54, 1.807) is 12.1 Å². The first-order valence-corrected chi connectivity index (χ1v) is 7.97. The van der Waals surface area contributed by atoms with Crippen molar-refractivity contribution in [2.24, 2.45) is 0 Å². The Morgan fingerprint density at radius 2 is 1.87 bits per heavy atom. The summed E-state index contributed by atoms with van der Waals surface area (Å²) < 4.78 is 0. The van der Waals surface area contributed by atoms with Crippen LogP contribution in [-0.2, 0) is 16.0 Å². The van der Waals surface area contributed by atoms with E-state index in [2.05, 4.69) is 5.32 Å². The topological polar surface area (TPSA) is 49.4 Å². The van der Waals surface area contributed by atoms with E-state index in [0.29, 0.717) is 17.3 Å². The molecule has 0 atom stereocenters. The Balaban J connectivity index is 1.80. The monoisotopic (exact) mass is 348 g/mol. The molecule has 3 rings (SSSR count). The van der Waals surface area contributed by atoms with E-state index < -0.39 is 11.8 Å². The molecule has 2 aromatic carbocycles. The molecule has 0 saturated heterocycles. The largest absolute Gasteiger partial charge is 0.316 e. The van der Waals surface area contributed by atoms with Gasteiger partial charge in [0.25, 0.3) is 0 Å². The highest BCUT2D eigenvalue weighted by molar-refractivity contribution is 6.45. The predicted octanol–water partition coefficient (Wildman–Crippen LogP) is 3.91. The molecule has 1 aliphatic heterocycles. The first kappa shape index (κ1) is 15.8. The molecule has 1 N–H and O–H groups in total. The summed E-state index contributed by atoms with van der Waals surface area (Å²) >= 11 is 11.8. The molecule has 2 aromatic rings. The highest BCUT2D eigenvalue weighted by Gasteiger charge is 2.27. The zero-order valence-electron chi connectivity index (χ0n) is 12.2. The first-order valence-electron chi connectivity index (χ1n) is 7.22. The predicted molar refractivity (Wildman–Crippen MR) is 92.2 cm³/mol. The molecule has 0 aliphatic carbocycles. The zero-order valence-corrected chi connectivity index (χ0v) is 13.7. The Labute approximate surface area is 144 Å². The van der Waals surface area contributed by atoms with E-state index in [1.807, 2.05) is 24.3 Å². The van der Waals surface area contributed by atoms with E-state index >= 15 is 0 Å². The molecular weight excluding hydrogens is 335 g/mol. The van der Waals surface area contributed by atoms with Gasteiger partial charge in [0, 0.05) is 17.3 Å². The van der Waals surface area contributed by atoms with E-state index in [0.717, 1.165) is 24.1 Å². The number of anilines is 2. The Kier molecular flexibility index (Phi) is 4.55. The number of nitrogens with one attached hydrogen (secondary N) is 1. The van der Waals surface area contributed by atoms with Gasteiger partial charge in [-0.15, -0.1) is 0 Å². The van der Waals surface area contributed by atoms with Gasteiger partial charge in [-0.05, 0) is 42.7 Å². The summed E-state index contributed by atoms with van der Waals surface area (Å²) in [5.41, 5.74) is 2.23. The van der Waals surface area contributed by atoms with Gasteiger partial charge >= 0.3 is 11.8 Å². The van der Waals surface area contributed by atoms with Crippen LogP contribution in [-0.4, -0.2) is 18.4 Å². The number of para-hydroxylation sites is 1. The van der Waals surface area contributed by atoms with Crippen molar-refractivity contribution in [1.82, 2.24) is 0 Å². The molecule has 6 heteroatoms. The average Bonchev–Trinajstić information content (AvgIpc) is 2.56. The fourth-order valence-electron chi connectivity index (χ4n) is 2.63. The normalized spacial score (nSPS) is 13.4. The second kappa shape index (κ2) is 6.60. The van der Waals surface area contributed by atoms with Crippen LogP contribution in [0, 0.1) is 0 Å². The molecule has 4 nitrogen and oxygen atoms in total. The Hall–Kier alpha value is -2.04. The molecule has 0 radical (unpaired) electrons. The number of benzene rings is 2. The third kappa shape index (κ3) is 3.33. The number of nitrogens with zero attached hydrogens (tertiary/aromatic N) is 1. The van der Waals surface area contributed by atoms with Crippen LogP contribution in [0.3, 0.4) is 0 Å². The molecule has 0 saturated carbocycles. The van der Waals surface area contributed by atoms with Crippen molar-refractivity contribution in [3.63, 3.8) is 0 Å². The SMILES string of the molecule is O=C(Nc1ccc(Cl)cc1Cl)C(=O)N1CCCc2ccccc21. The fourth-order valence-corrected chi connectivity index (χ4v) is 3.09. The van der Waals surface area contributed by atoms with Gasteiger partial charge in [0.15, 0.2) is 0 Å². The van der Waals surface area contributed by atoms with Crippen LogP contribution in [0.1, 0.15) is 12.0 Å². The Morgan fingerprint density at radius 3 is 2.65 bits per heavy atom. The van der Waals surface area contributed by atoms with Crippen LogP contribution >= 0.6 is 23.2 Å². The van der Waals surface area contributed by atoms with Crippen molar-refractivity contribution in [3.8, 4) is 0 Å². The summed E-state index contributed by atoms with van der Waals surface area (Å²) in [5, 5.41) is 3.30. The Morgan fingerprint density at radius 1 is 1.09 bits per heavy atom. The number of halogens is 2. The number of fused-ring (bicyclic) bond motifs is 1. The van der Waals surface area contributed by atoms with Crippen LogP contribution in [0.15, 0.2) is 42.5 Å².